The number of hydrogen-bond acceptors (Lipinski definition) is 6. The van der Waals surface area contributed by atoms with Gasteiger partial charge in [-0.2, -0.15) is 9.78 Å². The van der Waals surface area contributed by atoms with Crippen LogP contribution in [0.15, 0.2) is 60.5 Å². The van der Waals surface area contributed by atoms with E-state index in [9.17, 15) is 8.78 Å². The van der Waals surface area contributed by atoms with Crippen molar-refractivity contribution >= 4 is 39.5 Å². The summed E-state index contributed by atoms with van der Waals surface area (Å²) in [6.07, 6.45) is -0.950. The highest BCUT2D eigenvalue weighted by Gasteiger charge is 2.25. The predicted octanol–water partition coefficient (Wildman–Crippen LogP) is 5.52. The van der Waals surface area contributed by atoms with Crippen LogP contribution in [0.4, 0.5) is 8.78 Å². The van der Waals surface area contributed by atoms with Gasteiger partial charge in [0, 0.05) is 9.38 Å². The zero-order chi connectivity index (χ0) is 19.7. The quantitative estimate of drug-likeness (QED) is 0.495. The Hall–Kier alpha value is -2.46. The molecule has 4 rings (SSSR count). The summed E-state index contributed by atoms with van der Waals surface area (Å²) < 4.78 is 39.3. The molecule has 28 heavy (non-hydrogen) atoms. The highest BCUT2D eigenvalue weighted by molar-refractivity contribution is 9.10. The van der Waals surface area contributed by atoms with Crippen molar-refractivity contribution in [3.8, 4) is 5.75 Å². The Morgan fingerprint density at radius 2 is 2.14 bits per heavy atom. The summed E-state index contributed by atoms with van der Waals surface area (Å²) in [6.45, 7) is 2.02. The molecule has 1 aliphatic heterocycles. The molecule has 0 unspecified atom stereocenters. The molecule has 0 saturated heterocycles. The van der Waals surface area contributed by atoms with Gasteiger partial charge in [0.15, 0.2) is 0 Å². The van der Waals surface area contributed by atoms with Gasteiger partial charge in [0.1, 0.15) is 23.9 Å². The molecule has 6 nitrogen and oxygen atoms in total. The van der Waals surface area contributed by atoms with Crippen LogP contribution >= 0.6 is 27.7 Å². The molecule has 0 fully saturated rings. The molecule has 10 heteroatoms. The Balaban J connectivity index is 1.48. The van der Waals surface area contributed by atoms with Crippen LogP contribution in [-0.4, -0.2) is 20.6 Å². The van der Waals surface area contributed by atoms with Gasteiger partial charge in [0.2, 0.25) is 11.0 Å². The zero-order valence-electron chi connectivity index (χ0n) is 14.5. The first-order valence-corrected chi connectivity index (χ1v) is 9.76. The maximum absolute atomic E-state index is 12.9. The Labute approximate surface area is 171 Å². The average molecular weight is 467 g/mol. The molecular weight excluding hydrogens is 454 g/mol. The van der Waals surface area contributed by atoms with Crippen LogP contribution in [0, 0.1) is 0 Å². The van der Waals surface area contributed by atoms with E-state index in [-0.39, 0.29) is 11.8 Å². The van der Waals surface area contributed by atoms with Crippen molar-refractivity contribution in [3.05, 3.63) is 63.1 Å². The molecule has 0 saturated carbocycles. The molecule has 0 N–H and O–H groups in total. The lowest BCUT2D eigenvalue weighted by atomic mass is 10.3. The van der Waals surface area contributed by atoms with E-state index in [1.165, 1.54) is 11.8 Å². The van der Waals surface area contributed by atoms with Crippen LogP contribution in [0.3, 0.4) is 0 Å². The highest BCUT2D eigenvalue weighted by Crippen LogP contribution is 2.34. The van der Waals surface area contributed by atoms with Gasteiger partial charge in [-0.25, -0.2) is 8.78 Å². The third kappa shape index (κ3) is 4.02. The number of alkyl halides is 2. The van der Waals surface area contributed by atoms with E-state index >= 15 is 0 Å². The van der Waals surface area contributed by atoms with Crippen LogP contribution in [0.2, 0.25) is 0 Å². The van der Waals surface area contributed by atoms with Crippen LogP contribution in [0.25, 0.3) is 6.08 Å². The third-order valence-electron chi connectivity index (χ3n) is 3.77. The van der Waals surface area contributed by atoms with Crippen molar-refractivity contribution in [2.24, 2.45) is 5.10 Å². The molecule has 0 bridgehead atoms. The number of aromatic nitrogens is 3. The number of thioether (sulfide) groups is 1. The fraction of sp³-hybridized carbons (Fsp3) is 0.167. The lowest BCUT2D eigenvalue weighted by Gasteiger charge is -2.13. The minimum atomic E-state index is -2.73. The van der Waals surface area contributed by atoms with Gasteiger partial charge in [0.05, 0.1) is 5.71 Å². The molecule has 0 radical (unpaired) electrons. The fourth-order valence-electron chi connectivity index (χ4n) is 2.47. The maximum atomic E-state index is 12.9. The Morgan fingerprint density at radius 3 is 2.93 bits per heavy atom. The van der Waals surface area contributed by atoms with Crippen molar-refractivity contribution in [2.75, 3.05) is 0 Å². The van der Waals surface area contributed by atoms with Gasteiger partial charge in [-0.15, -0.1) is 10.2 Å². The minimum absolute atomic E-state index is 0.284. The van der Waals surface area contributed by atoms with Crippen molar-refractivity contribution < 1.29 is 17.9 Å². The number of allylic oxidation sites excluding steroid dienone is 1. The van der Waals surface area contributed by atoms with Crippen LogP contribution in [0.1, 0.15) is 30.7 Å². The maximum Gasteiger partial charge on any atom is 0.299 e. The smallest absolute Gasteiger partial charge is 0.299 e. The van der Waals surface area contributed by atoms with E-state index in [1.807, 2.05) is 36.4 Å². The summed E-state index contributed by atoms with van der Waals surface area (Å²) in [5.41, 5.74) is 0.572. The number of ether oxygens (including phenoxy) is 1. The summed E-state index contributed by atoms with van der Waals surface area (Å²) >= 11 is 4.61. The van der Waals surface area contributed by atoms with Crippen molar-refractivity contribution in [3.63, 3.8) is 0 Å². The topological polar surface area (TPSA) is 65.4 Å². The number of fused-ring (bicyclic) bond motifs is 1. The molecule has 2 aromatic heterocycles. The molecule has 1 aliphatic rings. The van der Waals surface area contributed by atoms with Crippen molar-refractivity contribution in [1.82, 2.24) is 14.9 Å². The van der Waals surface area contributed by atoms with Crippen molar-refractivity contribution in [2.45, 2.75) is 25.1 Å². The Kier molecular flexibility index (Phi) is 5.31. The summed E-state index contributed by atoms with van der Waals surface area (Å²) in [7, 11) is 0. The number of furan rings is 1. The van der Waals surface area contributed by atoms with Gasteiger partial charge in [-0.1, -0.05) is 22.0 Å². The molecule has 3 heterocycles. The number of nitrogens with zero attached hydrogens (tertiary/aromatic N) is 4. The fourth-order valence-corrected chi connectivity index (χ4v) is 3.71. The average Bonchev–Trinajstić information content (AvgIpc) is 3.27. The number of rotatable bonds is 5. The second-order valence-electron chi connectivity index (χ2n) is 5.80. The van der Waals surface area contributed by atoms with Crippen LogP contribution in [-0.2, 0) is 6.61 Å². The zero-order valence-corrected chi connectivity index (χ0v) is 16.9. The first-order chi connectivity index (χ1) is 13.5. The van der Waals surface area contributed by atoms with E-state index in [0.29, 0.717) is 17.2 Å². The normalized spacial score (nSPS) is 15.0. The summed E-state index contributed by atoms with van der Waals surface area (Å²) in [6, 6.07) is 11.2. The molecule has 3 aromatic rings. The van der Waals surface area contributed by atoms with E-state index in [0.717, 1.165) is 19.8 Å². The first kappa shape index (κ1) is 18.9. The van der Waals surface area contributed by atoms with E-state index in [1.54, 1.807) is 13.0 Å². The van der Waals surface area contributed by atoms with Crippen molar-refractivity contribution in [1.29, 1.82) is 0 Å². The largest absolute Gasteiger partial charge is 0.486 e. The van der Waals surface area contributed by atoms with Gasteiger partial charge < -0.3 is 9.15 Å². The highest BCUT2D eigenvalue weighted by atomic mass is 79.9. The van der Waals surface area contributed by atoms with Crippen LogP contribution in [0.5, 0.6) is 5.75 Å². The van der Waals surface area contributed by atoms with E-state index in [4.69, 9.17) is 9.15 Å². The number of hydrogen-bond donors (Lipinski definition) is 0. The summed E-state index contributed by atoms with van der Waals surface area (Å²) in [5.74, 6) is 1.52. The Morgan fingerprint density at radius 1 is 1.29 bits per heavy atom. The third-order valence-corrected chi connectivity index (χ3v) is 5.34. The van der Waals surface area contributed by atoms with E-state index < -0.39 is 12.2 Å². The second-order valence-corrected chi connectivity index (χ2v) is 7.72. The first-order valence-electron chi connectivity index (χ1n) is 8.15. The predicted molar refractivity (Wildman–Crippen MR) is 105 cm³/mol. The van der Waals surface area contributed by atoms with Crippen LogP contribution < -0.4 is 4.74 Å². The monoisotopic (exact) mass is 466 g/mol. The lowest BCUT2D eigenvalue weighted by molar-refractivity contribution is 0.135. The van der Waals surface area contributed by atoms with Gasteiger partial charge >= 0.3 is 0 Å². The lowest BCUT2D eigenvalue weighted by Crippen LogP contribution is -2.09. The van der Waals surface area contributed by atoms with Gasteiger partial charge in [-0.05, 0) is 55.1 Å². The van der Waals surface area contributed by atoms with Gasteiger partial charge in [0.25, 0.3) is 6.43 Å². The summed E-state index contributed by atoms with van der Waals surface area (Å²) in [4.78, 5) is 0.745. The SMILES string of the molecule is CC1=Nn2c(nnc2C(F)F)S/C1=C\c1ccc(COc2cccc(Br)c2)o1. The number of benzene rings is 1. The molecule has 144 valence electrons. The van der Waals surface area contributed by atoms with E-state index in [2.05, 4.69) is 31.2 Å². The molecule has 0 aliphatic carbocycles. The number of halogens is 3. The molecule has 0 atom stereocenters. The summed E-state index contributed by atoms with van der Waals surface area (Å²) in [5, 5.41) is 11.7. The standard InChI is InChI=1S/C18H13BrF2N4O2S/c1-10-15(28-18-23-22-17(16(20)21)25(18)24-10)8-13-5-6-14(27-13)9-26-12-4-2-3-11(19)7-12/h2-8,16H,9H2,1H3/b15-8-. The molecule has 0 spiro atoms. The minimum Gasteiger partial charge on any atom is -0.486 e. The van der Waals surface area contributed by atoms with Gasteiger partial charge in [-0.3, -0.25) is 0 Å². The molecule has 0 amide bonds. The molecular formula is C18H13BrF2N4O2S. The molecule has 1 aromatic carbocycles. The second kappa shape index (κ2) is 7.88. The Bertz CT molecular complexity index is 1080.